The summed E-state index contributed by atoms with van der Waals surface area (Å²) >= 11 is 8.81. The second-order valence-corrected chi connectivity index (χ2v) is 5.00. The SMILES string of the molecule is C[C@@H](Br)COc1c([N+](=O)[O-])ccc(F)c1Cl. The Bertz CT molecular complexity index is 414. The zero-order valence-corrected chi connectivity index (χ0v) is 10.6. The lowest BCUT2D eigenvalue weighted by molar-refractivity contribution is -0.385. The largest absolute Gasteiger partial charge is 0.485 e. The molecule has 0 radical (unpaired) electrons. The van der Waals surface area contributed by atoms with Crippen molar-refractivity contribution in [3.63, 3.8) is 0 Å². The Morgan fingerprint density at radius 1 is 1.69 bits per heavy atom. The summed E-state index contributed by atoms with van der Waals surface area (Å²) in [6, 6.07) is 1.96. The number of rotatable bonds is 4. The molecule has 0 saturated heterocycles. The molecule has 0 aliphatic rings. The van der Waals surface area contributed by atoms with Crippen LogP contribution in [0.2, 0.25) is 5.02 Å². The van der Waals surface area contributed by atoms with Crippen molar-refractivity contribution in [3.05, 3.63) is 33.1 Å². The summed E-state index contributed by atoms with van der Waals surface area (Å²) in [6.45, 7) is 1.95. The van der Waals surface area contributed by atoms with Crippen molar-refractivity contribution >= 4 is 33.2 Å². The minimum absolute atomic E-state index is 0.0218. The van der Waals surface area contributed by atoms with E-state index in [1.165, 1.54) is 0 Å². The van der Waals surface area contributed by atoms with E-state index in [-0.39, 0.29) is 27.9 Å². The first-order valence-electron chi connectivity index (χ1n) is 4.32. The molecule has 0 spiro atoms. The molecule has 0 saturated carbocycles. The van der Waals surface area contributed by atoms with Crippen molar-refractivity contribution in [2.75, 3.05) is 6.61 Å². The number of nitrogens with zero attached hydrogens (tertiary/aromatic N) is 1. The molecule has 1 aromatic carbocycles. The second-order valence-electron chi connectivity index (χ2n) is 3.06. The fraction of sp³-hybridized carbons (Fsp3) is 0.333. The Kier molecular flexibility index (Phi) is 4.49. The van der Waals surface area contributed by atoms with Gasteiger partial charge in [0.1, 0.15) is 17.4 Å². The molecular weight excluding hydrogens is 304 g/mol. The van der Waals surface area contributed by atoms with Crippen LogP contribution < -0.4 is 4.74 Å². The zero-order valence-electron chi connectivity index (χ0n) is 8.25. The maximum absolute atomic E-state index is 13.1. The Labute approximate surface area is 105 Å². The van der Waals surface area contributed by atoms with Gasteiger partial charge in [-0.15, -0.1) is 0 Å². The van der Waals surface area contributed by atoms with E-state index >= 15 is 0 Å². The van der Waals surface area contributed by atoms with Crippen molar-refractivity contribution in [1.29, 1.82) is 0 Å². The van der Waals surface area contributed by atoms with Gasteiger partial charge < -0.3 is 4.74 Å². The summed E-state index contributed by atoms with van der Waals surface area (Å²) in [5.41, 5.74) is -0.348. The molecule has 0 aliphatic heterocycles. The topological polar surface area (TPSA) is 52.4 Å². The lowest BCUT2D eigenvalue weighted by Gasteiger charge is -2.09. The number of benzene rings is 1. The van der Waals surface area contributed by atoms with Crippen LogP contribution >= 0.6 is 27.5 Å². The molecule has 1 aromatic rings. The van der Waals surface area contributed by atoms with Gasteiger partial charge in [-0.25, -0.2) is 4.39 Å². The molecule has 0 aliphatic carbocycles. The van der Waals surface area contributed by atoms with Crippen molar-refractivity contribution in [1.82, 2.24) is 0 Å². The molecular formula is C9H8BrClFNO3. The Morgan fingerprint density at radius 2 is 2.31 bits per heavy atom. The minimum atomic E-state index is -0.746. The first kappa shape index (κ1) is 13.2. The van der Waals surface area contributed by atoms with E-state index < -0.39 is 10.7 Å². The molecule has 1 atom stereocenters. The number of halogens is 3. The summed E-state index contributed by atoms with van der Waals surface area (Å²) in [5, 5.41) is 10.3. The predicted molar refractivity (Wildman–Crippen MR) is 61.9 cm³/mol. The normalized spacial score (nSPS) is 12.2. The van der Waals surface area contributed by atoms with Gasteiger partial charge >= 0.3 is 5.69 Å². The van der Waals surface area contributed by atoms with Crippen LogP contribution in [0.4, 0.5) is 10.1 Å². The van der Waals surface area contributed by atoms with Gasteiger partial charge in [-0.05, 0) is 13.0 Å². The summed E-state index contributed by atoms with van der Waals surface area (Å²) in [5.74, 6) is -0.984. The highest BCUT2D eigenvalue weighted by Crippen LogP contribution is 2.36. The lowest BCUT2D eigenvalue weighted by Crippen LogP contribution is -2.09. The average Bonchev–Trinajstić information content (AvgIpc) is 2.19. The van der Waals surface area contributed by atoms with Crippen LogP contribution in [0.3, 0.4) is 0 Å². The average molecular weight is 313 g/mol. The number of nitro benzene ring substituents is 1. The van der Waals surface area contributed by atoms with Crippen molar-refractivity contribution in [3.8, 4) is 5.75 Å². The van der Waals surface area contributed by atoms with E-state index in [1.54, 1.807) is 6.92 Å². The highest BCUT2D eigenvalue weighted by atomic mass is 79.9. The molecule has 16 heavy (non-hydrogen) atoms. The lowest BCUT2D eigenvalue weighted by atomic mass is 10.3. The summed E-state index contributed by atoms with van der Waals surface area (Å²) in [6.07, 6.45) is 0. The molecule has 0 unspecified atom stereocenters. The molecule has 0 fully saturated rings. The van der Waals surface area contributed by atoms with Crippen LogP contribution in [0, 0.1) is 15.9 Å². The molecule has 0 amide bonds. The van der Waals surface area contributed by atoms with E-state index in [9.17, 15) is 14.5 Å². The third kappa shape index (κ3) is 3.05. The van der Waals surface area contributed by atoms with E-state index in [1.807, 2.05) is 0 Å². The van der Waals surface area contributed by atoms with Crippen molar-refractivity contribution < 1.29 is 14.1 Å². The zero-order chi connectivity index (χ0) is 12.3. The fourth-order valence-corrected chi connectivity index (χ4v) is 1.35. The highest BCUT2D eigenvalue weighted by molar-refractivity contribution is 9.09. The van der Waals surface area contributed by atoms with Gasteiger partial charge in [0.05, 0.1) is 4.92 Å². The minimum Gasteiger partial charge on any atom is -0.485 e. The van der Waals surface area contributed by atoms with E-state index in [2.05, 4.69) is 15.9 Å². The van der Waals surface area contributed by atoms with Crippen LogP contribution in [0.15, 0.2) is 12.1 Å². The first-order chi connectivity index (χ1) is 7.43. The van der Waals surface area contributed by atoms with Gasteiger partial charge in [0.2, 0.25) is 5.75 Å². The number of nitro groups is 1. The molecule has 1 rings (SSSR count). The van der Waals surface area contributed by atoms with Crippen LogP contribution in [0.25, 0.3) is 0 Å². The molecule has 0 heterocycles. The quantitative estimate of drug-likeness (QED) is 0.485. The van der Waals surface area contributed by atoms with Crippen LogP contribution in [0.1, 0.15) is 6.92 Å². The molecule has 0 aromatic heterocycles. The van der Waals surface area contributed by atoms with Crippen LogP contribution in [0.5, 0.6) is 5.75 Å². The summed E-state index contributed by atoms with van der Waals surface area (Å²) < 4.78 is 18.2. The fourth-order valence-electron chi connectivity index (χ4n) is 1.00. The third-order valence-corrected chi connectivity index (χ3v) is 2.30. The van der Waals surface area contributed by atoms with Gasteiger partial charge in [-0.1, -0.05) is 27.5 Å². The standard InChI is InChI=1S/C9H8BrClFNO3/c1-5(10)4-16-9-7(13(14)15)3-2-6(12)8(9)11/h2-3,5H,4H2,1H3/t5-/m1/s1. The van der Waals surface area contributed by atoms with Gasteiger partial charge in [0, 0.05) is 10.9 Å². The van der Waals surface area contributed by atoms with Crippen LogP contribution in [-0.4, -0.2) is 16.4 Å². The number of hydrogen-bond donors (Lipinski definition) is 0. The van der Waals surface area contributed by atoms with Gasteiger partial charge in [-0.2, -0.15) is 0 Å². The molecule has 4 nitrogen and oxygen atoms in total. The predicted octanol–water partition coefficient (Wildman–Crippen LogP) is 3.55. The molecule has 88 valence electrons. The monoisotopic (exact) mass is 311 g/mol. The number of hydrogen-bond acceptors (Lipinski definition) is 3. The maximum Gasteiger partial charge on any atom is 0.312 e. The molecule has 0 N–H and O–H groups in total. The number of ether oxygens (including phenoxy) is 1. The second kappa shape index (κ2) is 5.45. The van der Waals surface area contributed by atoms with Crippen LogP contribution in [-0.2, 0) is 0 Å². The Hall–Kier alpha value is -0.880. The van der Waals surface area contributed by atoms with Gasteiger partial charge in [0.15, 0.2) is 0 Å². The molecule has 7 heteroatoms. The third-order valence-electron chi connectivity index (χ3n) is 1.68. The van der Waals surface area contributed by atoms with Gasteiger partial charge in [-0.3, -0.25) is 10.1 Å². The maximum atomic E-state index is 13.1. The highest BCUT2D eigenvalue weighted by Gasteiger charge is 2.22. The Balaban J connectivity index is 3.11. The smallest absolute Gasteiger partial charge is 0.312 e. The Morgan fingerprint density at radius 3 is 2.81 bits per heavy atom. The molecule has 0 bridgehead atoms. The summed E-state index contributed by atoms with van der Waals surface area (Å²) in [7, 11) is 0. The number of alkyl halides is 1. The van der Waals surface area contributed by atoms with E-state index in [0.29, 0.717) is 0 Å². The van der Waals surface area contributed by atoms with E-state index in [4.69, 9.17) is 16.3 Å². The van der Waals surface area contributed by atoms with Gasteiger partial charge in [0.25, 0.3) is 0 Å². The van der Waals surface area contributed by atoms with E-state index in [0.717, 1.165) is 12.1 Å². The first-order valence-corrected chi connectivity index (χ1v) is 5.62. The summed E-state index contributed by atoms with van der Waals surface area (Å²) in [4.78, 5) is 9.97. The van der Waals surface area contributed by atoms with Crippen molar-refractivity contribution in [2.24, 2.45) is 0 Å². The van der Waals surface area contributed by atoms with Crippen molar-refractivity contribution in [2.45, 2.75) is 11.8 Å².